The van der Waals surface area contributed by atoms with Gasteiger partial charge in [-0.25, -0.2) is 0 Å². The van der Waals surface area contributed by atoms with Gasteiger partial charge in [0.1, 0.15) is 6.07 Å². The second-order valence-corrected chi connectivity index (χ2v) is 5.89. The summed E-state index contributed by atoms with van der Waals surface area (Å²) in [6, 6.07) is 12.6. The van der Waals surface area contributed by atoms with Crippen molar-refractivity contribution < 1.29 is 0 Å². The van der Waals surface area contributed by atoms with Crippen LogP contribution in [0.25, 0.3) is 0 Å². The van der Waals surface area contributed by atoms with Crippen molar-refractivity contribution in [2.24, 2.45) is 0 Å². The lowest BCUT2D eigenvalue weighted by Gasteiger charge is -2.15. The third-order valence-electron chi connectivity index (χ3n) is 2.74. The summed E-state index contributed by atoms with van der Waals surface area (Å²) in [5, 5.41) is 14.1. The van der Waals surface area contributed by atoms with Crippen LogP contribution in [0.5, 0.6) is 0 Å². The van der Waals surface area contributed by atoms with E-state index in [4.69, 9.17) is 5.26 Å². The van der Waals surface area contributed by atoms with Gasteiger partial charge in [-0.1, -0.05) is 34.1 Å². The first-order valence-electron chi connectivity index (χ1n) is 5.66. The second kappa shape index (κ2) is 6.14. The minimum absolute atomic E-state index is 0.271. The standard InChI is InChI=1S/C14H13BrN2S/c1-10(13-4-2-3-5-14(13)15)17-8-12-6-11(7-16)9-18-12/h2-6,9-10,17H,8H2,1H3/t10-/m0/s1. The van der Waals surface area contributed by atoms with Crippen LogP contribution in [0.2, 0.25) is 0 Å². The molecule has 1 atom stereocenters. The molecule has 1 heterocycles. The SMILES string of the molecule is C[C@H](NCc1cc(C#N)cs1)c1ccccc1Br. The van der Waals surface area contributed by atoms with Gasteiger partial charge in [0.25, 0.3) is 0 Å². The van der Waals surface area contributed by atoms with Crippen LogP contribution in [-0.2, 0) is 6.54 Å². The highest BCUT2D eigenvalue weighted by atomic mass is 79.9. The van der Waals surface area contributed by atoms with Gasteiger partial charge in [-0.15, -0.1) is 11.3 Å². The van der Waals surface area contributed by atoms with Gasteiger partial charge < -0.3 is 5.32 Å². The number of hydrogen-bond donors (Lipinski definition) is 1. The maximum Gasteiger partial charge on any atom is 0.100 e. The number of nitriles is 1. The van der Waals surface area contributed by atoms with E-state index < -0.39 is 0 Å². The molecule has 0 aliphatic heterocycles. The average Bonchev–Trinajstić information content (AvgIpc) is 2.84. The van der Waals surface area contributed by atoms with Crippen molar-refractivity contribution in [1.29, 1.82) is 5.26 Å². The van der Waals surface area contributed by atoms with E-state index in [0.29, 0.717) is 0 Å². The third kappa shape index (κ3) is 3.20. The fraction of sp³-hybridized carbons (Fsp3) is 0.214. The first kappa shape index (κ1) is 13.3. The Morgan fingerprint density at radius 1 is 1.44 bits per heavy atom. The zero-order valence-corrected chi connectivity index (χ0v) is 12.4. The summed E-state index contributed by atoms with van der Waals surface area (Å²) in [6.07, 6.45) is 0. The lowest BCUT2D eigenvalue weighted by Crippen LogP contribution is -2.17. The van der Waals surface area contributed by atoms with E-state index >= 15 is 0 Å². The molecule has 0 spiro atoms. The van der Waals surface area contributed by atoms with Crippen molar-refractivity contribution >= 4 is 27.3 Å². The molecule has 1 N–H and O–H groups in total. The fourth-order valence-electron chi connectivity index (χ4n) is 1.72. The van der Waals surface area contributed by atoms with Crippen molar-refractivity contribution in [3.63, 3.8) is 0 Å². The van der Waals surface area contributed by atoms with Gasteiger partial charge in [-0.05, 0) is 24.6 Å². The number of nitrogens with one attached hydrogen (secondary N) is 1. The van der Waals surface area contributed by atoms with Gasteiger partial charge in [-0.2, -0.15) is 5.26 Å². The lowest BCUT2D eigenvalue weighted by atomic mass is 10.1. The number of rotatable bonds is 4. The van der Waals surface area contributed by atoms with Crippen LogP contribution in [0.4, 0.5) is 0 Å². The van der Waals surface area contributed by atoms with E-state index in [2.05, 4.69) is 40.3 Å². The van der Waals surface area contributed by atoms with E-state index in [-0.39, 0.29) is 6.04 Å². The van der Waals surface area contributed by atoms with E-state index in [1.807, 2.05) is 29.6 Å². The Hall–Kier alpha value is -1.15. The van der Waals surface area contributed by atoms with Crippen LogP contribution < -0.4 is 5.32 Å². The fourth-order valence-corrected chi connectivity index (χ4v) is 3.11. The lowest BCUT2D eigenvalue weighted by molar-refractivity contribution is 0.577. The van der Waals surface area contributed by atoms with Gasteiger partial charge in [0.15, 0.2) is 0 Å². The Balaban J connectivity index is 1.98. The zero-order valence-electron chi connectivity index (χ0n) is 9.98. The van der Waals surface area contributed by atoms with Gasteiger partial charge in [0.2, 0.25) is 0 Å². The first-order chi connectivity index (χ1) is 8.70. The molecule has 18 heavy (non-hydrogen) atoms. The molecule has 4 heteroatoms. The van der Waals surface area contributed by atoms with E-state index in [9.17, 15) is 0 Å². The molecule has 0 saturated carbocycles. The van der Waals surface area contributed by atoms with E-state index in [0.717, 1.165) is 16.6 Å². The van der Waals surface area contributed by atoms with Gasteiger partial charge in [-0.3, -0.25) is 0 Å². The minimum Gasteiger partial charge on any atom is -0.305 e. The van der Waals surface area contributed by atoms with Gasteiger partial charge in [0, 0.05) is 27.3 Å². The Morgan fingerprint density at radius 2 is 2.22 bits per heavy atom. The third-order valence-corrected chi connectivity index (χ3v) is 4.40. The van der Waals surface area contributed by atoms with Crippen LogP contribution in [-0.4, -0.2) is 0 Å². The second-order valence-electron chi connectivity index (χ2n) is 4.04. The van der Waals surface area contributed by atoms with Gasteiger partial charge in [0.05, 0.1) is 5.56 Å². The molecule has 2 rings (SSSR count). The summed E-state index contributed by atoms with van der Waals surface area (Å²) in [4.78, 5) is 1.19. The molecule has 0 fully saturated rings. The molecule has 92 valence electrons. The molecule has 0 aliphatic carbocycles. The van der Waals surface area contributed by atoms with Crippen molar-refractivity contribution in [3.05, 3.63) is 56.2 Å². The Bertz CT molecular complexity index is 571. The van der Waals surface area contributed by atoms with E-state index in [1.165, 1.54) is 10.4 Å². The summed E-state index contributed by atoms with van der Waals surface area (Å²) in [6.45, 7) is 2.92. The highest BCUT2D eigenvalue weighted by Gasteiger charge is 2.08. The van der Waals surface area contributed by atoms with Crippen molar-refractivity contribution in [2.45, 2.75) is 19.5 Å². The normalized spacial score (nSPS) is 12.1. The Labute approximate surface area is 119 Å². The molecule has 0 saturated heterocycles. The monoisotopic (exact) mass is 320 g/mol. The van der Waals surface area contributed by atoms with Crippen LogP contribution in [0.1, 0.15) is 29.0 Å². The number of nitrogens with zero attached hydrogens (tertiary/aromatic N) is 1. The molecule has 0 bridgehead atoms. The summed E-state index contributed by atoms with van der Waals surface area (Å²) in [7, 11) is 0. The van der Waals surface area contributed by atoms with Crippen molar-refractivity contribution in [1.82, 2.24) is 5.32 Å². The van der Waals surface area contributed by atoms with Crippen LogP contribution in [0.15, 0.2) is 40.2 Å². The van der Waals surface area contributed by atoms with Crippen LogP contribution >= 0.6 is 27.3 Å². The largest absolute Gasteiger partial charge is 0.305 e. The molecule has 0 unspecified atom stereocenters. The maximum atomic E-state index is 8.77. The summed E-state index contributed by atoms with van der Waals surface area (Å²) in [5.74, 6) is 0. The van der Waals surface area contributed by atoms with Crippen LogP contribution in [0.3, 0.4) is 0 Å². The predicted octanol–water partition coefficient (Wildman–Crippen LogP) is 4.23. The highest BCUT2D eigenvalue weighted by Crippen LogP contribution is 2.23. The van der Waals surface area contributed by atoms with Crippen molar-refractivity contribution in [3.8, 4) is 6.07 Å². The number of benzene rings is 1. The number of hydrogen-bond acceptors (Lipinski definition) is 3. The van der Waals surface area contributed by atoms with Crippen LogP contribution in [0, 0.1) is 11.3 Å². The zero-order chi connectivity index (χ0) is 13.0. The molecule has 1 aromatic carbocycles. The predicted molar refractivity (Wildman–Crippen MR) is 78.4 cm³/mol. The number of halogens is 1. The van der Waals surface area contributed by atoms with E-state index in [1.54, 1.807) is 11.3 Å². The molecule has 2 nitrogen and oxygen atoms in total. The molecule has 1 aromatic heterocycles. The molecule has 0 aliphatic rings. The topological polar surface area (TPSA) is 35.8 Å². The highest BCUT2D eigenvalue weighted by molar-refractivity contribution is 9.10. The molecule has 2 aromatic rings. The van der Waals surface area contributed by atoms with Gasteiger partial charge >= 0.3 is 0 Å². The molecular formula is C14H13BrN2S. The first-order valence-corrected chi connectivity index (χ1v) is 7.33. The molecule has 0 amide bonds. The summed E-state index contributed by atoms with van der Waals surface area (Å²) in [5.41, 5.74) is 1.99. The Morgan fingerprint density at radius 3 is 2.89 bits per heavy atom. The molecule has 0 radical (unpaired) electrons. The summed E-state index contributed by atoms with van der Waals surface area (Å²) >= 11 is 5.18. The van der Waals surface area contributed by atoms with Crippen molar-refractivity contribution in [2.75, 3.05) is 0 Å². The maximum absolute atomic E-state index is 8.77. The molecular weight excluding hydrogens is 308 g/mol. The summed E-state index contributed by atoms with van der Waals surface area (Å²) < 4.78 is 1.12. The smallest absolute Gasteiger partial charge is 0.100 e. The quantitative estimate of drug-likeness (QED) is 0.914. The minimum atomic E-state index is 0.271. The average molecular weight is 321 g/mol. The Kier molecular flexibility index (Phi) is 4.54. The number of thiophene rings is 1.